The zero-order chi connectivity index (χ0) is 5.44. The Morgan fingerprint density at radius 3 is 2.14 bits per heavy atom. The molecule has 1 fully saturated rings. The molecule has 1 saturated heterocycles. The van der Waals surface area contributed by atoms with Crippen LogP contribution in [0, 0.1) is 5.92 Å². The summed E-state index contributed by atoms with van der Waals surface area (Å²) in [6.07, 6.45) is 0.160. The summed E-state index contributed by atoms with van der Waals surface area (Å²) >= 11 is 0. The zero-order valence-corrected chi connectivity index (χ0v) is 4.47. The molecule has 1 aliphatic rings. The Balaban J connectivity index is 2.43. The first-order chi connectivity index (χ1) is 3.22. The van der Waals surface area contributed by atoms with E-state index in [0.717, 1.165) is 0 Å². The standard InChI is InChI=1S/C5H8O2/c1-3-4(2)7-5(3)6/h3-4H,1-2H3/t3-,4+/m1/s1. The molecule has 2 nitrogen and oxygen atoms in total. The Morgan fingerprint density at radius 1 is 1.57 bits per heavy atom. The molecular weight excluding hydrogens is 92.1 g/mol. The molecular formula is C5H8O2. The summed E-state index contributed by atoms with van der Waals surface area (Å²) in [6, 6.07) is 0. The van der Waals surface area contributed by atoms with E-state index < -0.39 is 0 Å². The van der Waals surface area contributed by atoms with Gasteiger partial charge in [-0.25, -0.2) is 0 Å². The quantitative estimate of drug-likeness (QED) is 0.416. The van der Waals surface area contributed by atoms with Crippen LogP contribution in [-0.2, 0) is 9.53 Å². The molecule has 1 heterocycles. The molecule has 0 amide bonds. The maximum atomic E-state index is 10.2. The summed E-state index contributed by atoms with van der Waals surface area (Å²) in [7, 11) is 0. The summed E-state index contributed by atoms with van der Waals surface area (Å²) in [6.45, 7) is 3.77. The van der Waals surface area contributed by atoms with Gasteiger partial charge in [-0.1, -0.05) is 0 Å². The lowest BCUT2D eigenvalue weighted by molar-refractivity contribution is -0.179. The summed E-state index contributed by atoms with van der Waals surface area (Å²) < 4.78 is 4.61. The molecule has 2 heteroatoms. The van der Waals surface area contributed by atoms with Gasteiger partial charge in [0.25, 0.3) is 0 Å². The van der Waals surface area contributed by atoms with Crippen molar-refractivity contribution in [2.45, 2.75) is 20.0 Å². The summed E-state index contributed by atoms with van der Waals surface area (Å²) in [4.78, 5) is 10.2. The molecule has 1 aliphatic heterocycles. The molecule has 0 aromatic rings. The SMILES string of the molecule is C[C@@H]1OC(=O)[C@@H]1C. The van der Waals surface area contributed by atoms with Crippen LogP contribution >= 0.6 is 0 Å². The average molecular weight is 100 g/mol. The number of carbonyl (C=O) groups excluding carboxylic acids is 1. The lowest BCUT2D eigenvalue weighted by Crippen LogP contribution is -2.40. The Kier molecular flexibility index (Phi) is 0.805. The molecule has 0 aromatic carbocycles. The van der Waals surface area contributed by atoms with E-state index in [0.29, 0.717) is 0 Å². The Labute approximate surface area is 42.5 Å². The third-order valence-electron chi connectivity index (χ3n) is 1.38. The van der Waals surface area contributed by atoms with E-state index in [-0.39, 0.29) is 18.0 Å². The van der Waals surface area contributed by atoms with Crippen LogP contribution in [0.2, 0.25) is 0 Å². The van der Waals surface area contributed by atoms with Gasteiger partial charge in [-0.3, -0.25) is 4.79 Å². The number of hydrogen-bond donors (Lipinski definition) is 0. The molecule has 0 radical (unpaired) electrons. The van der Waals surface area contributed by atoms with Crippen molar-refractivity contribution in [3.05, 3.63) is 0 Å². The van der Waals surface area contributed by atoms with E-state index in [1.54, 1.807) is 0 Å². The Hall–Kier alpha value is -0.530. The van der Waals surface area contributed by atoms with Crippen LogP contribution in [0.3, 0.4) is 0 Å². The fourth-order valence-electron chi connectivity index (χ4n) is 0.512. The maximum Gasteiger partial charge on any atom is 0.312 e. The fraction of sp³-hybridized carbons (Fsp3) is 0.800. The van der Waals surface area contributed by atoms with Crippen molar-refractivity contribution in [3.8, 4) is 0 Å². The number of hydrogen-bond acceptors (Lipinski definition) is 2. The first-order valence-electron chi connectivity index (χ1n) is 2.42. The van der Waals surface area contributed by atoms with Crippen LogP contribution in [0.5, 0.6) is 0 Å². The van der Waals surface area contributed by atoms with Crippen LogP contribution in [0.15, 0.2) is 0 Å². The van der Waals surface area contributed by atoms with E-state index >= 15 is 0 Å². The van der Waals surface area contributed by atoms with Gasteiger partial charge in [0, 0.05) is 0 Å². The molecule has 0 aliphatic carbocycles. The molecule has 7 heavy (non-hydrogen) atoms. The van der Waals surface area contributed by atoms with E-state index in [2.05, 4.69) is 4.74 Å². The van der Waals surface area contributed by atoms with Gasteiger partial charge >= 0.3 is 5.97 Å². The minimum atomic E-state index is -0.0625. The van der Waals surface area contributed by atoms with Crippen molar-refractivity contribution < 1.29 is 9.53 Å². The summed E-state index contributed by atoms with van der Waals surface area (Å²) in [5.41, 5.74) is 0. The summed E-state index contributed by atoms with van der Waals surface area (Å²) in [5.74, 6) is 0.0764. The van der Waals surface area contributed by atoms with Crippen LogP contribution in [0.25, 0.3) is 0 Å². The number of ether oxygens (including phenoxy) is 1. The van der Waals surface area contributed by atoms with Crippen molar-refractivity contribution in [2.75, 3.05) is 0 Å². The van der Waals surface area contributed by atoms with Gasteiger partial charge in [-0.05, 0) is 13.8 Å². The van der Waals surface area contributed by atoms with Crippen molar-refractivity contribution in [3.63, 3.8) is 0 Å². The fourth-order valence-corrected chi connectivity index (χ4v) is 0.512. The number of rotatable bonds is 0. The second-order valence-electron chi connectivity index (χ2n) is 1.93. The van der Waals surface area contributed by atoms with Gasteiger partial charge in [0.1, 0.15) is 6.10 Å². The van der Waals surface area contributed by atoms with Gasteiger partial charge in [-0.15, -0.1) is 0 Å². The van der Waals surface area contributed by atoms with Crippen molar-refractivity contribution in [1.29, 1.82) is 0 Å². The largest absolute Gasteiger partial charge is 0.461 e. The van der Waals surface area contributed by atoms with Gasteiger partial charge in [0.15, 0.2) is 0 Å². The first-order valence-corrected chi connectivity index (χ1v) is 2.42. The van der Waals surface area contributed by atoms with E-state index in [1.807, 2.05) is 13.8 Å². The minimum absolute atomic E-state index is 0.0625. The van der Waals surface area contributed by atoms with E-state index in [4.69, 9.17) is 0 Å². The Morgan fingerprint density at radius 2 is 2.14 bits per heavy atom. The van der Waals surface area contributed by atoms with E-state index in [1.165, 1.54) is 0 Å². The predicted molar refractivity (Wildman–Crippen MR) is 24.7 cm³/mol. The van der Waals surface area contributed by atoms with Gasteiger partial charge < -0.3 is 4.74 Å². The molecule has 0 bridgehead atoms. The molecule has 0 saturated carbocycles. The smallest absolute Gasteiger partial charge is 0.312 e. The highest BCUT2D eigenvalue weighted by atomic mass is 16.6. The summed E-state index contributed by atoms with van der Waals surface area (Å²) in [5, 5.41) is 0. The van der Waals surface area contributed by atoms with Crippen LogP contribution < -0.4 is 0 Å². The highest BCUT2D eigenvalue weighted by molar-refractivity contribution is 5.77. The normalized spacial score (nSPS) is 39.4. The second kappa shape index (κ2) is 1.22. The van der Waals surface area contributed by atoms with Crippen molar-refractivity contribution >= 4 is 5.97 Å². The van der Waals surface area contributed by atoms with Gasteiger partial charge in [-0.2, -0.15) is 0 Å². The van der Waals surface area contributed by atoms with Gasteiger partial charge in [0.2, 0.25) is 0 Å². The monoisotopic (exact) mass is 100 g/mol. The molecule has 0 unspecified atom stereocenters. The molecule has 0 N–H and O–H groups in total. The Bertz CT molecular complexity index is 98.3. The lowest BCUT2D eigenvalue weighted by atomic mass is 10.0. The molecule has 0 spiro atoms. The van der Waals surface area contributed by atoms with Gasteiger partial charge in [0.05, 0.1) is 5.92 Å². The molecule has 2 atom stereocenters. The first kappa shape index (κ1) is 4.62. The third-order valence-corrected chi connectivity index (χ3v) is 1.38. The maximum absolute atomic E-state index is 10.2. The van der Waals surface area contributed by atoms with Crippen molar-refractivity contribution in [1.82, 2.24) is 0 Å². The number of esters is 1. The van der Waals surface area contributed by atoms with Crippen LogP contribution in [0.4, 0.5) is 0 Å². The zero-order valence-electron chi connectivity index (χ0n) is 4.47. The number of carbonyl (C=O) groups is 1. The highest BCUT2D eigenvalue weighted by Gasteiger charge is 2.34. The lowest BCUT2D eigenvalue weighted by Gasteiger charge is -2.28. The third kappa shape index (κ3) is 0.501. The van der Waals surface area contributed by atoms with Crippen LogP contribution in [0.1, 0.15) is 13.8 Å². The number of cyclic esters (lactones) is 1. The van der Waals surface area contributed by atoms with Crippen LogP contribution in [-0.4, -0.2) is 12.1 Å². The average Bonchev–Trinajstić information content (AvgIpc) is 1.68. The molecule has 1 rings (SSSR count). The van der Waals surface area contributed by atoms with E-state index in [9.17, 15) is 4.79 Å². The van der Waals surface area contributed by atoms with Crippen molar-refractivity contribution in [2.24, 2.45) is 5.92 Å². The highest BCUT2D eigenvalue weighted by Crippen LogP contribution is 2.19. The molecule has 0 aromatic heterocycles. The minimum Gasteiger partial charge on any atom is -0.461 e. The molecule has 40 valence electrons. The topological polar surface area (TPSA) is 26.3 Å². The second-order valence-corrected chi connectivity index (χ2v) is 1.93. The predicted octanol–water partition coefficient (Wildman–Crippen LogP) is 0.568.